The monoisotopic (exact) mass is 233 g/mol. The summed E-state index contributed by atoms with van der Waals surface area (Å²) in [7, 11) is 0. The summed E-state index contributed by atoms with van der Waals surface area (Å²) in [6.45, 7) is 0.562. The molecule has 1 aliphatic rings. The SMILES string of the molecule is N#CN1C(=O)CSc2ccc(CCN)cc21. The molecule has 5 heteroatoms. The highest BCUT2D eigenvalue weighted by atomic mass is 32.2. The van der Waals surface area contributed by atoms with E-state index in [-0.39, 0.29) is 5.91 Å². The Morgan fingerprint density at radius 3 is 3.06 bits per heavy atom. The fraction of sp³-hybridized carbons (Fsp3) is 0.273. The summed E-state index contributed by atoms with van der Waals surface area (Å²) in [5.74, 6) is 0.168. The largest absolute Gasteiger partial charge is 0.330 e. The number of thioether (sulfide) groups is 1. The number of carbonyl (C=O) groups is 1. The molecule has 82 valence electrons. The number of benzene rings is 1. The topological polar surface area (TPSA) is 70.1 Å². The van der Waals surface area contributed by atoms with Gasteiger partial charge in [-0.15, -0.1) is 11.8 Å². The van der Waals surface area contributed by atoms with Crippen molar-refractivity contribution >= 4 is 23.4 Å². The quantitative estimate of drug-likeness (QED) is 0.777. The lowest BCUT2D eigenvalue weighted by Crippen LogP contribution is -2.30. The van der Waals surface area contributed by atoms with E-state index in [4.69, 9.17) is 11.0 Å². The predicted octanol–water partition coefficient (Wildman–Crippen LogP) is 1.11. The van der Waals surface area contributed by atoms with Crippen molar-refractivity contribution in [3.8, 4) is 6.19 Å². The molecular formula is C11H11N3OS. The van der Waals surface area contributed by atoms with Gasteiger partial charge in [-0.05, 0) is 30.7 Å². The molecule has 0 radical (unpaired) electrons. The first kappa shape index (κ1) is 11.0. The molecule has 1 aromatic rings. The molecule has 0 aromatic heterocycles. The molecule has 0 bridgehead atoms. The van der Waals surface area contributed by atoms with Crippen molar-refractivity contribution in [2.24, 2.45) is 5.73 Å². The van der Waals surface area contributed by atoms with Crippen LogP contribution in [0.2, 0.25) is 0 Å². The highest BCUT2D eigenvalue weighted by Crippen LogP contribution is 2.35. The van der Waals surface area contributed by atoms with Crippen LogP contribution in [0.5, 0.6) is 0 Å². The average Bonchev–Trinajstić information content (AvgIpc) is 2.29. The van der Waals surface area contributed by atoms with Gasteiger partial charge < -0.3 is 5.73 Å². The molecule has 0 saturated heterocycles. The average molecular weight is 233 g/mol. The summed E-state index contributed by atoms with van der Waals surface area (Å²) < 4.78 is 0. The van der Waals surface area contributed by atoms with E-state index in [0.717, 1.165) is 21.8 Å². The summed E-state index contributed by atoms with van der Waals surface area (Å²) >= 11 is 1.47. The van der Waals surface area contributed by atoms with Crippen molar-refractivity contribution in [1.29, 1.82) is 5.26 Å². The standard InChI is InChI=1S/C11H11N3OS/c12-4-3-8-1-2-10-9(5-8)14(7-13)11(15)6-16-10/h1-2,5H,3-4,6,12H2. The van der Waals surface area contributed by atoms with Crippen LogP contribution in [0.4, 0.5) is 5.69 Å². The minimum Gasteiger partial charge on any atom is -0.330 e. The highest BCUT2D eigenvalue weighted by Gasteiger charge is 2.24. The molecule has 16 heavy (non-hydrogen) atoms. The van der Waals surface area contributed by atoms with Gasteiger partial charge in [0.15, 0.2) is 6.19 Å². The molecule has 0 unspecified atom stereocenters. The maximum atomic E-state index is 11.5. The van der Waals surface area contributed by atoms with Crippen LogP contribution in [0.25, 0.3) is 0 Å². The number of nitriles is 1. The first-order valence-electron chi connectivity index (χ1n) is 4.94. The lowest BCUT2D eigenvalue weighted by atomic mass is 10.1. The predicted molar refractivity (Wildman–Crippen MR) is 63.0 cm³/mol. The fourth-order valence-corrected chi connectivity index (χ4v) is 2.50. The Balaban J connectivity index is 2.42. The Morgan fingerprint density at radius 2 is 2.38 bits per heavy atom. The molecule has 0 atom stereocenters. The zero-order valence-electron chi connectivity index (χ0n) is 8.64. The smallest absolute Gasteiger partial charge is 0.250 e. The zero-order valence-corrected chi connectivity index (χ0v) is 9.46. The molecule has 0 spiro atoms. The Morgan fingerprint density at radius 1 is 1.56 bits per heavy atom. The minimum atomic E-state index is -0.162. The van der Waals surface area contributed by atoms with Crippen LogP contribution in [-0.2, 0) is 11.2 Å². The second-order valence-electron chi connectivity index (χ2n) is 3.46. The van der Waals surface area contributed by atoms with E-state index >= 15 is 0 Å². The zero-order chi connectivity index (χ0) is 11.5. The van der Waals surface area contributed by atoms with Crippen molar-refractivity contribution in [1.82, 2.24) is 0 Å². The number of nitrogens with two attached hydrogens (primary N) is 1. The molecule has 2 N–H and O–H groups in total. The second-order valence-corrected chi connectivity index (χ2v) is 4.48. The highest BCUT2D eigenvalue weighted by molar-refractivity contribution is 8.00. The summed E-state index contributed by atoms with van der Waals surface area (Å²) in [6.07, 6.45) is 2.67. The molecule has 4 nitrogen and oxygen atoms in total. The van der Waals surface area contributed by atoms with Crippen LogP contribution in [0.15, 0.2) is 23.1 Å². The van der Waals surface area contributed by atoms with Gasteiger partial charge in [0.2, 0.25) is 0 Å². The second kappa shape index (κ2) is 4.56. The van der Waals surface area contributed by atoms with Gasteiger partial charge in [0.25, 0.3) is 5.91 Å². The van der Waals surface area contributed by atoms with Gasteiger partial charge >= 0.3 is 0 Å². The van der Waals surface area contributed by atoms with Crippen LogP contribution >= 0.6 is 11.8 Å². The third kappa shape index (κ3) is 1.90. The van der Waals surface area contributed by atoms with E-state index in [1.165, 1.54) is 11.8 Å². The fourth-order valence-electron chi connectivity index (χ4n) is 1.63. The number of hydrogen-bond acceptors (Lipinski definition) is 4. The van der Waals surface area contributed by atoms with E-state index in [2.05, 4.69) is 0 Å². The van der Waals surface area contributed by atoms with E-state index < -0.39 is 0 Å². The van der Waals surface area contributed by atoms with Crippen molar-refractivity contribution in [2.45, 2.75) is 11.3 Å². The summed E-state index contributed by atoms with van der Waals surface area (Å²) in [6, 6.07) is 5.81. The number of hydrogen-bond donors (Lipinski definition) is 1. The maximum Gasteiger partial charge on any atom is 0.250 e. The molecule has 0 fully saturated rings. The van der Waals surface area contributed by atoms with E-state index in [0.29, 0.717) is 18.0 Å². The maximum absolute atomic E-state index is 11.5. The number of nitrogens with zero attached hydrogens (tertiary/aromatic N) is 2. The number of rotatable bonds is 2. The Bertz CT molecular complexity index is 467. The first-order chi connectivity index (χ1) is 7.76. The van der Waals surface area contributed by atoms with E-state index in [1.54, 1.807) is 0 Å². The van der Waals surface area contributed by atoms with Gasteiger partial charge in [0, 0.05) is 4.90 Å². The van der Waals surface area contributed by atoms with E-state index in [9.17, 15) is 4.79 Å². The van der Waals surface area contributed by atoms with Crippen LogP contribution in [-0.4, -0.2) is 18.2 Å². The Labute approximate surface area is 98.0 Å². The van der Waals surface area contributed by atoms with Gasteiger partial charge in [0.05, 0.1) is 11.4 Å². The number of carbonyl (C=O) groups excluding carboxylic acids is 1. The van der Waals surface area contributed by atoms with Crippen LogP contribution in [0, 0.1) is 11.5 Å². The van der Waals surface area contributed by atoms with Crippen LogP contribution < -0.4 is 10.6 Å². The van der Waals surface area contributed by atoms with E-state index in [1.807, 2.05) is 24.4 Å². The van der Waals surface area contributed by atoms with Gasteiger partial charge in [-0.1, -0.05) is 6.07 Å². The van der Waals surface area contributed by atoms with Gasteiger partial charge in [-0.25, -0.2) is 4.90 Å². The minimum absolute atomic E-state index is 0.162. The molecule has 1 aliphatic heterocycles. The first-order valence-corrected chi connectivity index (χ1v) is 5.93. The summed E-state index contributed by atoms with van der Waals surface area (Å²) in [4.78, 5) is 13.6. The third-order valence-corrected chi connectivity index (χ3v) is 3.45. The molecule has 1 amide bonds. The van der Waals surface area contributed by atoms with Crippen molar-refractivity contribution in [3.05, 3.63) is 23.8 Å². The molecule has 1 aromatic carbocycles. The van der Waals surface area contributed by atoms with Gasteiger partial charge in [-0.3, -0.25) is 4.79 Å². The van der Waals surface area contributed by atoms with Crippen molar-refractivity contribution in [2.75, 3.05) is 17.2 Å². The number of amides is 1. The normalized spacial score (nSPS) is 14.5. The Hall–Kier alpha value is -1.51. The number of fused-ring (bicyclic) bond motifs is 1. The Kier molecular flexibility index (Phi) is 3.13. The molecule has 0 saturated carbocycles. The third-order valence-electron chi connectivity index (χ3n) is 2.40. The molecule has 2 rings (SSSR count). The van der Waals surface area contributed by atoms with Crippen molar-refractivity contribution in [3.63, 3.8) is 0 Å². The van der Waals surface area contributed by atoms with Crippen LogP contribution in [0.1, 0.15) is 5.56 Å². The summed E-state index contributed by atoms with van der Waals surface area (Å²) in [5, 5.41) is 8.95. The molecular weight excluding hydrogens is 222 g/mol. The van der Waals surface area contributed by atoms with Crippen molar-refractivity contribution < 1.29 is 4.79 Å². The number of anilines is 1. The van der Waals surface area contributed by atoms with Gasteiger partial charge in [-0.2, -0.15) is 5.26 Å². The molecule has 1 heterocycles. The van der Waals surface area contributed by atoms with Gasteiger partial charge in [0.1, 0.15) is 0 Å². The van der Waals surface area contributed by atoms with Crippen LogP contribution in [0.3, 0.4) is 0 Å². The molecule has 0 aliphatic carbocycles. The lowest BCUT2D eigenvalue weighted by Gasteiger charge is -2.22. The summed E-state index contributed by atoms with van der Waals surface area (Å²) in [5.41, 5.74) is 7.22. The lowest BCUT2D eigenvalue weighted by molar-refractivity contribution is -0.115.